The van der Waals surface area contributed by atoms with Gasteiger partial charge in [-0.15, -0.1) is 0 Å². The van der Waals surface area contributed by atoms with Crippen LogP contribution in [-0.2, 0) is 0 Å². The second-order valence-electron chi connectivity index (χ2n) is 11.3. The molecule has 9 rings (SSSR count). The molecule has 212 valence electrons. The number of nitrogens with zero attached hydrogens (tertiary/aromatic N) is 2. The van der Waals surface area contributed by atoms with Crippen molar-refractivity contribution in [3.05, 3.63) is 158 Å². The van der Waals surface area contributed by atoms with Gasteiger partial charge in [0.25, 0.3) is 0 Å². The van der Waals surface area contributed by atoms with E-state index in [-0.39, 0.29) is 0 Å². The lowest BCUT2D eigenvalue weighted by Crippen LogP contribution is -2.10. The molecule has 0 aliphatic heterocycles. The molecule has 0 saturated heterocycles. The Morgan fingerprint density at radius 3 is 1.91 bits per heavy atom. The molecule has 4 nitrogen and oxygen atoms in total. The summed E-state index contributed by atoms with van der Waals surface area (Å²) in [6.45, 7) is 0. The van der Waals surface area contributed by atoms with E-state index in [0.29, 0.717) is 5.89 Å². The Balaban J connectivity index is 1.19. The van der Waals surface area contributed by atoms with Crippen molar-refractivity contribution >= 4 is 60.9 Å². The number of furan rings is 1. The number of benzene rings is 7. The van der Waals surface area contributed by atoms with Gasteiger partial charge < -0.3 is 13.7 Å². The van der Waals surface area contributed by atoms with Crippen LogP contribution in [0.5, 0.6) is 0 Å². The standard InChI is InChI=1S/C41H26N2O2/c1-3-10-27(11-4-1)31-16-9-17-32(22-31)43(33-19-18-28-12-7-8-15-30(28)23-33)34-20-21-35-36-25-40-37(26-39(36)44-38(35)24-34)42-41(45-40)29-13-5-2-6-14-29/h1-26H. The molecule has 0 atom stereocenters. The maximum atomic E-state index is 6.49. The normalized spacial score (nSPS) is 11.6. The zero-order valence-corrected chi connectivity index (χ0v) is 24.2. The number of fused-ring (bicyclic) bond motifs is 5. The number of rotatable bonds is 5. The van der Waals surface area contributed by atoms with Crippen LogP contribution in [0.1, 0.15) is 0 Å². The van der Waals surface area contributed by atoms with E-state index >= 15 is 0 Å². The number of anilines is 3. The van der Waals surface area contributed by atoms with Crippen LogP contribution >= 0.6 is 0 Å². The van der Waals surface area contributed by atoms with Gasteiger partial charge in [0.05, 0.1) is 0 Å². The summed E-state index contributed by atoms with van der Waals surface area (Å²) in [6.07, 6.45) is 0. The third-order valence-corrected chi connectivity index (χ3v) is 8.45. The van der Waals surface area contributed by atoms with Crippen LogP contribution in [-0.4, -0.2) is 4.98 Å². The molecule has 0 bridgehead atoms. The summed E-state index contributed by atoms with van der Waals surface area (Å²) in [5.74, 6) is 0.605. The Labute approximate surface area is 259 Å². The van der Waals surface area contributed by atoms with E-state index in [2.05, 4.69) is 114 Å². The van der Waals surface area contributed by atoms with Gasteiger partial charge in [-0.05, 0) is 76.5 Å². The fourth-order valence-electron chi connectivity index (χ4n) is 6.25. The van der Waals surface area contributed by atoms with Gasteiger partial charge in [-0.25, -0.2) is 4.98 Å². The second kappa shape index (κ2) is 10.2. The molecule has 45 heavy (non-hydrogen) atoms. The fourth-order valence-corrected chi connectivity index (χ4v) is 6.25. The maximum absolute atomic E-state index is 6.49. The Hall–Kier alpha value is -6.13. The van der Waals surface area contributed by atoms with Gasteiger partial charge in [-0.2, -0.15) is 0 Å². The molecule has 2 aromatic heterocycles. The maximum Gasteiger partial charge on any atom is 0.227 e. The number of oxazole rings is 1. The van der Waals surface area contributed by atoms with Crippen LogP contribution in [0, 0.1) is 0 Å². The predicted octanol–water partition coefficient (Wildman–Crippen LogP) is 11.7. The second-order valence-corrected chi connectivity index (χ2v) is 11.3. The molecule has 0 amide bonds. The largest absolute Gasteiger partial charge is 0.456 e. The van der Waals surface area contributed by atoms with E-state index in [1.807, 2.05) is 48.5 Å². The first-order valence-corrected chi connectivity index (χ1v) is 15.0. The average molecular weight is 579 g/mol. The minimum Gasteiger partial charge on any atom is -0.456 e. The summed E-state index contributed by atoms with van der Waals surface area (Å²) in [6, 6.07) is 54.7. The van der Waals surface area contributed by atoms with Gasteiger partial charge in [0.1, 0.15) is 16.7 Å². The smallest absolute Gasteiger partial charge is 0.227 e. The van der Waals surface area contributed by atoms with Crippen LogP contribution in [0.3, 0.4) is 0 Å². The van der Waals surface area contributed by atoms with Crippen molar-refractivity contribution < 1.29 is 8.83 Å². The average Bonchev–Trinajstić information content (AvgIpc) is 3.68. The highest BCUT2D eigenvalue weighted by atomic mass is 16.4. The third kappa shape index (κ3) is 4.43. The molecule has 9 aromatic rings. The van der Waals surface area contributed by atoms with E-state index in [1.54, 1.807) is 0 Å². The van der Waals surface area contributed by atoms with Gasteiger partial charge in [0.15, 0.2) is 5.58 Å². The molecule has 0 unspecified atom stereocenters. The first kappa shape index (κ1) is 25.4. The number of hydrogen-bond acceptors (Lipinski definition) is 4. The summed E-state index contributed by atoms with van der Waals surface area (Å²) in [5.41, 5.74) is 9.55. The van der Waals surface area contributed by atoms with Crippen molar-refractivity contribution in [2.24, 2.45) is 0 Å². The minimum atomic E-state index is 0.605. The van der Waals surface area contributed by atoms with Crippen molar-refractivity contribution in [3.8, 4) is 22.6 Å². The van der Waals surface area contributed by atoms with Gasteiger partial charge >= 0.3 is 0 Å². The summed E-state index contributed by atoms with van der Waals surface area (Å²) < 4.78 is 12.7. The highest BCUT2D eigenvalue weighted by molar-refractivity contribution is 6.10. The Morgan fingerprint density at radius 1 is 0.400 bits per heavy atom. The van der Waals surface area contributed by atoms with Crippen LogP contribution in [0.2, 0.25) is 0 Å². The molecular formula is C41H26N2O2. The molecule has 0 fully saturated rings. The van der Waals surface area contributed by atoms with E-state index in [9.17, 15) is 0 Å². The SMILES string of the molecule is c1ccc(-c2cccc(N(c3ccc4ccccc4c3)c3ccc4c(c3)oc3cc5nc(-c6ccccc6)oc5cc34)c2)cc1. The Bertz CT molecular complexity index is 2490. The third-order valence-electron chi connectivity index (χ3n) is 8.45. The quantitative estimate of drug-likeness (QED) is 0.204. The van der Waals surface area contributed by atoms with Crippen LogP contribution in [0.25, 0.3) is 66.4 Å². The number of aromatic nitrogens is 1. The molecule has 0 saturated carbocycles. The number of hydrogen-bond donors (Lipinski definition) is 0. The predicted molar refractivity (Wildman–Crippen MR) is 184 cm³/mol. The minimum absolute atomic E-state index is 0.605. The first-order valence-electron chi connectivity index (χ1n) is 15.0. The van der Waals surface area contributed by atoms with Gasteiger partial charge in [0, 0.05) is 45.5 Å². The molecule has 0 radical (unpaired) electrons. The lowest BCUT2D eigenvalue weighted by atomic mass is 10.0. The molecule has 0 N–H and O–H groups in total. The lowest BCUT2D eigenvalue weighted by molar-refractivity contribution is 0.620. The summed E-state index contributed by atoms with van der Waals surface area (Å²) in [4.78, 5) is 7.05. The summed E-state index contributed by atoms with van der Waals surface area (Å²) >= 11 is 0. The molecule has 0 spiro atoms. The highest BCUT2D eigenvalue weighted by Gasteiger charge is 2.18. The van der Waals surface area contributed by atoms with Crippen LogP contribution < -0.4 is 4.90 Å². The summed E-state index contributed by atoms with van der Waals surface area (Å²) in [5, 5.41) is 4.43. The van der Waals surface area contributed by atoms with Crippen LogP contribution in [0.15, 0.2) is 167 Å². The zero-order chi connectivity index (χ0) is 29.7. The fraction of sp³-hybridized carbons (Fsp3) is 0. The van der Waals surface area contributed by atoms with Crippen molar-refractivity contribution in [2.45, 2.75) is 0 Å². The molecule has 2 heterocycles. The molecular weight excluding hydrogens is 552 g/mol. The zero-order valence-electron chi connectivity index (χ0n) is 24.2. The molecule has 7 aromatic carbocycles. The highest BCUT2D eigenvalue weighted by Crippen LogP contribution is 2.41. The molecule has 0 aliphatic carbocycles. The Kier molecular flexibility index (Phi) is 5.78. The Morgan fingerprint density at radius 2 is 1.07 bits per heavy atom. The van der Waals surface area contributed by atoms with Crippen molar-refractivity contribution in [1.82, 2.24) is 4.98 Å². The topological polar surface area (TPSA) is 42.4 Å². The first-order chi connectivity index (χ1) is 22.3. The van der Waals surface area contributed by atoms with Gasteiger partial charge in [-0.3, -0.25) is 0 Å². The monoisotopic (exact) mass is 578 g/mol. The van der Waals surface area contributed by atoms with Gasteiger partial charge in [-0.1, -0.05) is 91.0 Å². The van der Waals surface area contributed by atoms with Crippen molar-refractivity contribution in [2.75, 3.05) is 4.90 Å². The molecule has 0 aliphatic rings. The van der Waals surface area contributed by atoms with Crippen LogP contribution in [0.4, 0.5) is 17.1 Å². The van der Waals surface area contributed by atoms with Crippen molar-refractivity contribution in [1.29, 1.82) is 0 Å². The summed E-state index contributed by atoms with van der Waals surface area (Å²) in [7, 11) is 0. The van der Waals surface area contributed by atoms with Crippen molar-refractivity contribution in [3.63, 3.8) is 0 Å². The van der Waals surface area contributed by atoms with Gasteiger partial charge in [0.2, 0.25) is 5.89 Å². The van der Waals surface area contributed by atoms with E-state index in [1.165, 1.54) is 16.3 Å². The van der Waals surface area contributed by atoms with E-state index < -0.39 is 0 Å². The lowest BCUT2D eigenvalue weighted by Gasteiger charge is -2.26. The van der Waals surface area contributed by atoms with E-state index in [0.717, 1.165) is 61.2 Å². The van der Waals surface area contributed by atoms with E-state index in [4.69, 9.17) is 13.8 Å². The molecule has 4 heteroatoms.